The summed E-state index contributed by atoms with van der Waals surface area (Å²) >= 11 is 0. The van der Waals surface area contributed by atoms with E-state index in [-0.39, 0.29) is 5.91 Å². The molecule has 0 aliphatic carbocycles. The second-order valence-electron chi connectivity index (χ2n) is 2.53. The zero-order valence-corrected chi connectivity index (χ0v) is 7.75. The van der Waals surface area contributed by atoms with Crippen molar-refractivity contribution in [1.29, 1.82) is 0 Å². The maximum atomic E-state index is 11.0. The first-order valence-corrected chi connectivity index (χ1v) is 4.13. The summed E-state index contributed by atoms with van der Waals surface area (Å²) < 4.78 is 4.84. The first-order chi connectivity index (χ1) is 5.76. The van der Waals surface area contributed by atoms with Crippen LogP contribution in [0.3, 0.4) is 0 Å². The number of amides is 1. The molecule has 4 heteroatoms. The summed E-state index contributed by atoms with van der Waals surface area (Å²) in [5.41, 5.74) is 0. The van der Waals surface area contributed by atoms with Gasteiger partial charge in [0.25, 0.3) is 0 Å². The molecule has 0 saturated heterocycles. The van der Waals surface area contributed by atoms with Gasteiger partial charge in [-0.05, 0) is 6.42 Å². The van der Waals surface area contributed by atoms with Crippen LogP contribution in [0.25, 0.3) is 0 Å². The summed E-state index contributed by atoms with van der Waals surface area (Å²) in [6.45, 7) is 3.34. The van der Waals surface area contributed by atoms with Crippen LogP contribution < -0.4 is 0 Å². The Morgan fingerprint density at radius 3 is 2.58 bits per heavy atom. The molecule has 4 nitrogen and oxygen atoms in total. The predicted molar refractivity (Wildman–Crippen MR) is 45.8 cm³/mol. The van der Waals surface area contributed by atoms with Crippen LogP contribution in [0, 0.1) is 0 Å². The number of ether oxygens (including phenoxy) is 1. The van der Waals surface area contributed by atoms with Gasteiger partial charge in [0, 0.05) is 20.2 Å². The molecule has 0 fully saturated rings. The minimum atomic E-state index is -0.413. The standard InChI is InChI=1S/C8H17NO3/c1-3-4-9(5-6-12-2)8(11)7-10/h10H,3-7H2,1-2H3. The van der Waals surface area contributed by atoms with E-state index in [0.29, 0.717) is 19.7 Å². The van der Waals surface area contributed by atoms with E-state index in [1.54, 1.807) is 12.0 Å². The average molecular weight is 175 g/mol. The fraction of sp³-hybridized carbons (Fsp3) is 0.875. The molecule has 0 bridgehead atoms. The highest BCUT2D eigenvalue weighted by molar-refractivity contribution is 5.77. The number of carbonyl (C=O) groups is 1. The van der Waals surface area contributed by atoms with E-state index in [1.807, 2.05) is 6.92 Å². The Balaban J connectivity index is 3.76. The first-order valence-electron chi connectivity index (χ1n) is 4.13. The van der Waals surface area contributed by atoms with Crippen molar-refractivity contribution in [3.05, 3.63) is 0 Å². The first kappa shape index (κ1) is 11.4. The molecule has 0 heterocycles. The molecule has 0 atom stereocenters. The number of nitrogens with zero attached hydrogens (tertiary/aromatic N) is 1. The fourth-order valence-corrected chi connectivity index (χ4v) is 0.933. The van der Waals surface area contributed by atoms with E-state index in [2.05, 4.69) is 0 Å². The third-order valence-electron chi connectivity index (χ3n) is 1.55. The molecule has 12 heavy (non-hydrogen) atoms. The van der Waals surface area contributed by atoms with Gasteiger partial charge in [0.05, 0.1) is 6.61 Å². The molecule has 72 valence electrons. The Bertz CT molecular complexity index is 127. The Morgan fingerprint density at radius 1 is 1.50 bits per heavy atom. The Labute approximate surface area is 73.1 Å². The summed E-state index contributed by atoms with van der Waals surface area (Å²) in [6, 6.07) is 0. The Kier molecular flexibility index (Phi) is 6.70. The summed E-state index contributed by atoms with van der Waals surface area (Å²) in [7, 11) is 1.59. The van der Waals surface area contributed by atoms with Crippen LogP contribution in [0.2, 0.25) is 0 Å². The molecule has 0 unspecified atom stereocenters. The number of aliphatic hydroxyl groups is 1. The Morgan fingerprint density at radius 2 is 2.17 bits per heavy atom. The molecule has 0 aliphatic heterocycles. The number of carbonyl (C=O) groups excluding carboxylic acids is 1. The second kappa shape index (κ2) is 7.06. The largest absolute Gasteiger partial charge is 0.387 e. The molecule has 0 rings (SSSR count). The van der Waals surface area contributed by atoms with Crippen LogP contribution in [-0.4, -0.2) is 49.3 Å². The molecular weight excluding hydrogens is 158 g/mol. The van der Waals surface area contributed by atoms with Gasteiger partial charge < -0.3 is 14.7 Å². The lowest BCUT2D eigenvalue weighted by Crippen LogP contribution is -2.36. The maximum Gasteiger partial charge on any atom is 0.248 e. The average Bonchev–Trinajstić information content (AvgIpc) is 2.11. The second-order valence-corrected chi connectivity index (χ2v) is 2.53. The summed E-state index contributed by atoms with van der Waals surface area (Å²) in [5.74, 6) is -0.228. The maximum absolute atomic E-state index is 11.0. The van der Waals surface area contributed by atoms with E-state index >= 15 is 0 Å². The van der Waals surface area contributed by atoms with Crippen molar-refractivity contribution < 1.29 is 14.6 Å². The van der Waals surface area contributed by atoms with E-state index in [0.717, 1.165) is 6.42 Å². The lowest BCUT2D eigenvalue weighted by atomic mass is 10.4. The normalized spacial score (nSPS) is 9.92. The van der Waals surface area contributed by atoms with Crippen molar-refractivity contribution in [2.75, 3.05) is 33.4 Å². The van der Waals surface area contributed by atoms with Crippen LogP contribution in [0.5, 0.6) is 0 Å². The third-order valence-corrected chi connectivity index (χ3v) is 1.55. The van der Waals surface area contributed by atoms with Crippen molar-refractivity contribution in [2.45, 2.75) is 13.3 Å². The minimum Gasteiger partial charge on any atom is -0.387 e. The summed E-state index contributed by atoms with van der Waals surface area (Å²) in [5, 5.41) is 8.60. The van der Waals surface area contributed by atoms with Crippen molar-refractivity contribution in [3.63, 3.8) is 0 Å². The van der Waals surface area contributed by atoms with Crippen LogP contribution >= 0.6 is 0 Å². The molecule has 0 radical (unpaired) electrons. The molecule has 0 spiro atoms. The molecule has 0 aromatic heterocycles. The quantitative estimate of drug-likeness (QED) is 0.611. The lowest BCUT2D eigenvalue weighted by molar-refractivity contribution is -0.134. The van der Waals surface area contributed by atoms with Crippen LogP contribution in [0.15, 0.2) is 0 Å². The van der Waals surface area contributed by atoms with Gasteiger partial charge >= 0.3 is 0 Å². The smallest absolute Gasteiger partial charge is 0.248 e. The topological polar surface area (TPSA) is 49.8 Å². The summed E-state index contributed by atoms with van der Waals surface area (Å²) in [6.07, 6.45) is 0.898. The van der Waals surface area contributed by atoms with Crippen LogP contribution in [-0.2, 0) is 9.53 Å². The van der Waals surface area contributed by atoms with Gasteiger partial charge in [0.1, 0.15) is 6.61 Å². The van der Waals surface area contributed by atoms with Gasteiger partial charge in [0.15, 0.2) is 0 Å². The molecule has 0 aliphatic rings. The Hall–Kier alpha value is -0.610. The molecule has 0 aromatic carbocycles. The summed E-state index contributed by atoms with van der Waals surface area (Å²) in [4.78, 5) is 12.6. The van der Waals surface area contributed by atoms with E-state index in [1.165, 1.54) is 0 Å². The van der Waals surface area contributed by atoms with E-state index < -0.39 is 6.61 Å². The number of rotatable bonds is 6. The van der Waals surface area contributed by atoms with Gasteiger partial charge in [-0.3, -0.25) is 4.79 Å². The van der Waals surface area contributed by atoms with E-state index in [4.69, 9.17) is 9.84 Å². The molecule has 1 amide bonds. The monoisotopic (exact) mass is 175 g/mol. The van der Waals surface area contributed by atoms with Crippen molar-refractivity contribution >= 4 is 5.91 Å². The van der Waals surface area contributed by atoms with Gasteiger partial charge in [-0.15, -0.1) is 0 Å². The van der Waals surface area contributed by atoms with Gasteiger partial charge in [-0.1, -0.05) is 6.92 Å². The molecule has 0 aromatic rings. The fourth-order valence-electron chi connectivity index (χ4n) is 0.933. The minimum absolute atomic E-state index is 0.228. The van der Waals surface area contributed by atoms with Crippen molar-refractivity contribution in [1.82, 2.24) is 4.90 Å². The zero-order chi connectivity index (χ0) is 9.40. The highest BCUT2D eigenvalue weighted by Crippen LogP contribution is 1.92. The van der Waals surface area contributed by atoms with E-state index in [9.17, 15) is 4.79 Å². The number of methoxy groups -OCH3 is 1. The van der Waals surface area contributed by atoms with Gasteiger partial charge in [-0.25, -0.2) is 0 Å². The predicted octanol–water partition coefficient (Wildman–Crippen LogP) is -0.136. The third kappa shape index (κ3) is 4.31. The molecular formula is C8H17NO3. The van der Waals surface area contributed by atoms with Crippen molar-refractivity contribution in [3.8, 4) is 0 Å². The van der Waals surface area contributed by atoms with Crippen LogP contribution in [0.1, 0.15) is 13.3 Å². The number of hydrogen-bond donors (Lipinski definition) is 1. The molecule has 1 N–H and O–H groups in total. The lowest BCUT2D eigenvalue weighted by Gasteiger charge is -2.20. The van der Waals surface area contributed by atoms with Crippen molar-refractivity contribution in [2.24, 2.45) is 0 Å². The SMILES string of the molecule is CCCN(CCOC)C(=O)CO. The van der Waals surface area contributed by atoms with Gasteiger partial charge in [-0.2, -0.15) is 0 Å². The van der Waals surface area contributed by atoms with Gasteiger partial charge in [0.2, 0.25) is 5.91 Å². The number of aliphatic hydroxyl groups excluding tert-OH is 1. The number of hydrogen-bond acceptors (Lipinski definition) is 3. The zero-order valence-electron chi connectivity index (χ0n) is 7.75. The van der Waals surface area contributed by atoms with Crippen LogP contribution in [0.4, 0.5) is 0 Å². The highest BCUT2D eigenvalue weighted by atomic mass is 16.5. The highest BCUT2D eigenvalue weighted by Gasteiger charge is 2.09. The molecule has 0 saturated carbocycles.